The van der Waals surface area contributed by atoms with E-state index in [2.05, 4.69) is 21.4 Å². The first-order valence-electron chi connectivity index (χ1n) is 6.25. The van der Waals surface area contributed by atoms with E-state index in [1.54, 1.807) is 20.1 Å². The van der Waals surface area contributed by atoms with Crippen LogP contribution in [-0.4, -0.2) is 17.1 Å². The summed E-state index contributed by atoms with van der Waals surface area (Å²) in [5.74, 6) is 2.11. The molecular weight excluding hydrogens is 252 g/mol. The fraction of sp³-hybridized carbons (Fsp3) is 0.267. The van der Waals surface area contributed by atoms with Gasteiger partial charge in [0.15, 0.2) is 0 Å². The fourth-order valence-corrected chi connectivity index (χ4v) is 1.96. The summed E-state index contributed by atoms with van der Waals surface area (Å²) in [5.41, 5.74) is 2.58. The van der Waals surface area contributed by atoms with Crippen molar-refractivity contribution in [2.24, 2.45) is 0 Å². The second-order valence-corrected chi connectivity index (χ2v) is 4.45. The Balaban J connectivity index is 2.11. The normalized spacial score (nSPS) is 9.90. The van der Waals surface area contributed by atoms with Crippen molar-refractivity contribution >= 4 is 5.82 Å². The number of nitriles is 1. The molecule has 0 unspecified atom stereocenters. The van der Waals surface area contributed by atoms with E-state index in [0.717, 1.165) is 16.9 Å². The summed E-state index contributed by atoms with van der Waals surface area (Å²) < 4.78 is 5.23. The quantitative estimate of drug-likeness (QED) is 0.922. The number of ether oxygens (including phenoxy) is 1. The second kappa shape index (κ2) is 6.02. The van der Waals surface area contributed by atoms with Crippen molar-refractivity contribution in [1.82, 2.24) is 9.97 Å². The standard InChI is InChI=1S/C15H16N4O/c1-10-6-12(4-5-14(10)20-3)9-17-15-7-13(8-16)18-11(2)19-15/h4-7H,9H2,1-3H3,(H,17,18,19). The largest absolute Gasteiger partial charge is 0.496 e. The maximum absolute atomic E-state index is 8.88. The maximum atomic E-state index is 8.88. The predicted octanol–water partition coefficient (Wildman–Crippen LogP) is 2.59. The Morgan fingerprint density at radius 3 is 2.70 bits per heavy atom. The van der Waals surface area contributed by atoms with E-state index in [0.29, 0.717) is 23.9 Å². The van der Waals surface area contributed by atoms with Gasteiger partial charge in [-0.15, -0.1) is 0 Å². The van der Waals surface area contributed by atoms with Crippen LogP contribution < -0.4 is 10.1 Å². The molecule has 0 aliphatic heterocycles. The summed E-state index contributed by atoms with van der Waals surface area (Å²) in [7, 11) is 1.66. The average Bonchev–Trinajstić information content (AvgIpc) is 2.44. The SMILES string of the molecule is COc1ccc(CNc2cc(C#N)nc(C)n2)cc1C. The molecule has 0 saturated heterocycles. The zero-order valence-corrected chi connectivity index (χ0v) is 11.8. The zero-order valence-electron chi connectivity index (χ0n) is 11.8. The molecule has 0 radical (unpaired) electrons. The zero-order chi connectivity index (χ0) is 14.5. The van der Waals surface area contributed by atoms with Crippen molar-refractivity contribution in [2.45, 2.75) is 20.4 Å². The van der Waals surface area contributed by atoms with Gasteiger partial charge in [0, 0.05) is 12.6 Å². The predicted molar refractivity (Wildman–Crippen MR) is 76.5 cm³/mol. The van der Waals surface area contributed by atoms with Gasteiger partial charge < -0.3 is 10.1 Å². The molecule has 1 aromatic carbocycles. The van der Waals surface area contributed by atoms with Gasteiger partial charge in [-0.05, 0) is 31.0 Å². The Morgan fingerprint density at radius 1 is 1.25 bits per heavy atom. The first kappa shape index (κ1) is 13.8. The summed E-state index contributed by atoms with van der Waals surface area (Å²) in [6, 6.07) is 9.67. The van der Waals surface area contributed by atoms with Crippen molar-refractivity contribution < 1.29 is 4.74 Å². The van der Waals surface area contributed by atoms with Crippen molar-refractivity contribution in [3.63, 3.8) is 0 Å². The van der Waals surface area contributed by atoms with Crippen molar-refractivity contribution in [1.29, 1.82) is 5.26 Å². The lowest BCUT2D eigenvalue weighted by molar-refractivity contribution is 0.411. The van der Waals surface area contributed by atoms with Crippen molar-refractivity contribution in [3.05, 3.63) is 46.9 Å². The van der Waals surface area contributed by atoms with Crippen molar-refractivity contribution in [2.75, 3.05) is 12.4 Å². The molecule has 0 spiro atoms. The molecule has 5 heteroatoms. The molecule has 2 aromatic rings. The molecule has 5 nitrogen and oxygen atoms in total. The molecule has 0 aliphatic carbocycles. The van der Waals surface area contributed by atoms with Gasteiger partial charge >= 0.3 is 0 Å². The highest BCUT2D eigenvalue weighted by molar-refractivity contribution is 5.42. The monoisotopic (exact) mass is 268 g/mol. The molecule has 2 rings (SSSR count). The Hall–Kier alpha value is -2.61. The van der Waals surface area contributed by atoms with Crippen LogP contribution in [0.3, 0.4) is 0 Å². The Morgan fingerprint density at radius 2 is 2.05 bits per heavy atom. The highest BCUT2D eigenvalue weighted by Crippen LogP contribution is 2.19. The van der Waals surface area contributed by atoms with E-state index >= 15 is 0 Å². The minimum Gasteiger partial charge on any atom is -0.496 e. The van der Waals surface area contributed by atoms with Gasteiger partial charge in [0.2, 0.25) is 0 Å². The average molecular weight is 268 g/mol. The molecule has 0 saturated carbocycles. The van der Waals surface area contributed by atoms with Gasteiger partial charge in [-0.3, -0.25) is 0 Å². The van der Waals surface area contributed by atoms with Crippen LogP contribution in [0.5, 0.6) is 5.75 Å². The first-order valence-corrected chi connectivity index (χ1v) is 6.25. The maximum Gasteiger partial charge on any atom is 0.146 e. The van der Waals surface area contributed by atoms with E-state index in [-0.39, 0.29) is 0 Å². The number of hydrogen-bond donors (Lipinski definition) is 1. The Bertz CT molecular complexity index is 661. The van der Waals surface area contributed by atoms with Crippen LogP contribution in [0.15, 0.2) is 24.3 Å². The lowest BCUT2D eigenvalue weighted by Crippen LogP contribution is -2.04. The summed E-state index contributed by atoms with van der Waals surface area (Å²) in [6.45, 7) is 4.40. The molecule has 0 aliphatic rings. The Kier molecular flexibility index (Phi) is 4.16. The number of rotatable bonds is 4. The second-order valence-electron chi connectivity index (χ2n) is 4.45. The van der Waals surface area contributed by atoms with Gasteiger partial charge in [0.05, 0.1) is 7.11 Å². The number of hydrogen-bond acceptors (Lipinski definition) is 5. The third kappa shape index (κ3) is 3.23. The molecule has 0 bridgehead atoms. The van der Waals surface area contributed by atoms with E-state index in [9.17, 15) is 0 Å². The smallest absolute Gasteiger partial charge is 0.146 e. The first-order chi connectivity index (χ1) is 9.62. The van der Waals surface area contributed by atoms with Crippen LogP contribution in [0.1, 0.15) is 22.6 Å². The van der Waals surface area contributed by atoms with E-state index in [1.807, 2.05) is 25.1 Å². The highest BCUT2D eigenvalue weighted by Gasteiger charge is 2.03. The van der Waals surface area contributed by atoms with Crippen LogP contribution in [0, 0.1) is 25.2 Å². The van der Waals surface area contributed by atoms with Gasteiger partial charge in [-0.1, -0.05) is 12.1 Å². The van der Waals surface area contributed by atoms with Gasteiger partial charge in [0.1, 0.15) is 29.2 Å². The molecule has 0 amide bonds. The number of methoxy groups -OCH3 is 1. The third-order valence-electron chi connectivity index (χ3n) is 2.89. The van der Waals surface area contributed by atoms with E-state index in [1.165, 1.54) is 0 Å². The molecule has 102 valence electrons. The number of nitrogens with zero attached hydrogens (tertiary/aromatic N) is 3. The van der Waals surface area contributed by atoms with Crippen LogP contribution in [-0.2, 0) is 6.54 Å². The lowest BCUT2D eigenvalue weighted by atomic mass is 10.1. The van der Waals surface area contributed by atoms with E-state index < -0.39 is 0 Å². The topological polar surface area (TPSA) is 70.8 Å². The van der Waals surface area contributed by atoms with Gasteiger partial charge in [-0.2, -0.15) is 5.26 Å². The molecule has 1 aromatic heterocycles. The van der Waals surface area contributed by atoms with Gasteiger partial charge in [-0.25, -0.2) is 9.97 Å². The van der Waals surface area contributed by atoms with Crippen molar-refractivity contribution in [3.8, 4) is 11.8 Å². The minimum atomic E-state index is 0.367. The summed E-state index contributed by atoms with van der Waals surface area (Å²) in [6.07, 6.45) is 0. The number of benzene rings is 1. The number of anilines is 1. The van der Waals surface area contributed by atoms with Crippen LogP contribution >= 0.6 is 0 Å². The Labute approximate surface area is 118 Å². The lowest BCUT2D eigenvalue weighted by Gasteiger charge is -2.09. The number of aryl methyl sites for hydroxylation is 2. The highest BCUT2D eigenvalue weighted by atomic mass is 16.5. The van der Waals surface area contributed by atoms with Crippen LogP contribution in [0.4, 0.5) is 5.82 Å². The fourth-order valence-electron chi connectivity index (χ4n) is 1.96. The summed E-state index contributed by atoms with van der Waals surface area (Å²) in [4.78, 5) is 8.27. The minimum absolute atomic E-state index is 0.367. The molecule has 1 heterocycles. The van der Waals surface area contributed by atoms with Crippen LogP contribution in [0.25, 0.3) is 0 Å². The molecule has 0 fully saturated rings. The molecule has 0 atom stereocenters. The van der Waals surface area contributed by atoms with Gasteiger partial charge in [0.25, 0.3) is 0 Å². The number of nitrogens with one attached hydrogen (secondary N) is 1. The van der Waals surface area contributed by atoms with E-state index in [4.69, 9.17) is 10.00 Å². The van der Waals surface area contributed by atoms with Crippen LogP contribution in [0.2, 0.25) is 0 Å². The molecule has 1 N–H and O–H groups in total. The third-order valence-corrected chi connectivity index (χ3v) is 2.89. The summed E-state index contributed by atoms with van der Waals surface area (Å²) in [5, 5.41) is 12.1. The molecular formula is C15H16N4O. The molecule has 20 heavy (non-hydrogen) atoms. The number of aromatic nitrogens is 2. The summed E-state index contributed by atoms with van der Waals surface area (Å²) >= 11 is 0.